The van der Waals surface area contributed by atoms with E-state index >= 15 is 0 Å². The number of hydrogen-bond acceptors (Lipinski definition) is 6. The van der Waals surface area contributed by atoms with Crippen LogP contribution < -0.4 is 0 Å². The normalized spacial score (nSPS) is 35.1. The number of aliphatic hydroxyl groups is 2. The molecular formula is C21H32F10O6. The predicted molar refractivity (Wildman–Crippen MR) is 107 cm³/mol. The van der Waals surface area contributed by atoms with E-state index in [0.29, 0.717) is 12.8 Å². The standard InChI is InChI=1S/C11H17F5O3.C10H15F5O3/c1-4-7(2)5-18-8(3)6-19-10(17,9(8,12)13)11(14,15)16;1-3-6(2)4-17-7-5-18-9(16,8(7,11)12)10(13,14)15/h7,17H,4-6H2,1-3H3;6-7,16H,3-5H2,1-2H3. The van der Waals surface area contributed by atoms with Crippen LogP contribution in [0.3, 0.4) is 0 Å². The molecule has 6 atom stereocenters. The number of alkyl halides is 10. The molecule has 0 aromatic heterocycles. The van der Waals surface area contributed by atoms with Gasteiger partial charge in [-0.05, 0) is 18.8 Å². The number of halogens is 10. The maximum Gasteiger partial charge on any atom is 0.449 e. The zero-order valence-electron chi connectivity index (χ0n) is 20.8. The fourth-order valence-electron chi connectivity index (χ4n) is 3.06. The third-order valence-electron chi connectivity index (χ3n) is 6.38. The fourth-order valence-corrected chi connectivity index (χ4v) is 3.06. The number of rotatable bonds is 8. The van der Waals surface area contributed by atoms with E-state index in [-0.39, 0.29) is 25.0 Å². The SMILES string of the molecule is CCC(C)COC1(C)COC(O)(C(F)(F)F)C1(F)F.CCC(C)COC1COC(O)(C(F)(F)F)C1(F)F. The molecule has 222 valence electrons. The van der Waals surface area contributed by atoms with Gasteiger partial charge >= 0.3 is 35.8 Å². The molecule has 37 heavy (non-hydrogen) atoms. The van der Waals surface area contributed by atoms with Gasteiger partial charge in [0.1, 0.15) is 0 Å². The second-order valence-electron chi connectivity index (χ2n) is 9.47. The molecular weight excluding hydrogens is 538 g/mol. The molecule has 0 radical (unpaired) electrons. The van der Waals surface area contributed by atoms with Gasteiger partial charge in [0.05, 0.1) is 19.8 Å². The molecule has 0 saturated carbocycles. The van der Waals surface area contributed by atoms with Crippen LogP contribution in [-0.2, 0) is 18.9 Å². The third kappa shape index (κ3) is 6.29. The maximum atomic E-state index is 13.9. The molecule has 16 heteroatoms. The van der Waals surface area contributed by atoms with E-state index in [9.17, 15) is 43.9 Å². The van der Waals surface area contributed by atoms with Crippen LogP contribution in [0.1, 0.15) is 47.5 Å². The Bertz CT molecular complexity index is 748. The highest BCUT2D eigenvalue weighted by Gasteiger charge is 2.82. The summed E-state index contributed by atoms with van der Waals surface area (Å²) in [4.78, 5) is 0. The van der Waals surface area contributed by atoms with E-state index in [0.717, 1.165) is 6.92 Å². The molecule has 0 amide bonds. The summed E-state index contributed by atoms with van der Waals surface area (Å²) < 4.78 is 147. The number of hydrogen-bond donors (Lipinski definition) is 2. The van der Waals surface area contributed by atoms with Crippen molar-refractivity contribution in [2.75, 3.05) is 26.4 Å². The first-order chi connectivity index (χ1) is 16.5. The Hall–Kier alpha value is -0.940. The van der Waals surface area contributed by atoms with Crippen LogP contribution in [0, 0.1) is 11.8 Å². The molecule has 0 bridgehead atoms. The Kier molecular flexibility index (Phi) is 10.4. The van der Waals surface area contributed by atoms with Crippen LogP contribution in [0.4, 0.5) is 43.9 Å². The molecule has 6 unspecified atom stereocenters. The van der Waals surface area contributed by atoms with Crippen molar-refractivity contribution < 1.29 is 73.1 Å². The highest BCUT2D eigenvalue weighted by molar-refractivity contribution is 5.09. The molecule has 2 aliphatic rings. The summed E-state index contributed by atoms with van der Waals surface area (Å²) in [5, 5.41) is 18.1. The molecule has 2 fully saturated rings. The van der Waals surface area contributed by atoms with Crippen LogP contribution in [0.15, 0.2) is 0 Å². The summed E-state index contributed by atoms with van der Waals surface area (Å²) in [5.74, 6) is -18.3. The summed E-state index contributed by atoms with van der Waals surface area (Å²) in [6.45, 7) is 5.53. The minimum atomic E-state index is -5.60. The quantitative estimate of drug-likeness (QED) is 0.398. The lowest BCUT2D eigenvalue weighted by Gasteiger charge is -2.36. The Morgan fingerprint density at radius 3 is 1.68 bits per heavy atom. The van der Waals surface area contributed by atoms with Gasteiger partial charge in [-0.25, -0.2) is 0 Å². The number of ether oxygens (including phenoxy) is 4. The highest BCUT2D eigenvalue weighted by atomic mass is 19.4. The first-order valence-electron chi connectivity index (χ1n) is 11.3. The Labute approximate surface area is 207 Å². The van der Waals surface area contributed by atoms with Crippen molar-refractivity contribution in [1.29, 1.82) is 0 Å². The summed E-state index contributed by atoms with van der Waals surface area (Å²) in [5.41, 5.74) is -2.51. The highest BCUT2D eigenvalue weighted by Crippen LogP contribution is 2.54. The fraction of sp³-hybridized carbons (Fsp3) is 1.00. The van der Waals surface area contributed by atoms with E-state index in [1.54, 1.807) is 27.7 Å². The second-order valence-corrected chi connectivity index (χ2v) is 9.47. The lowest BCUT2D eigenvalue weighted by atomic mass is 9.94. The van der Waals surface area contributed by atoms with Gasteiger partial charge in [-0.1, -0.05) is 40.5 Å². The summed E-state index contributed by atoms with van der Waals surface area (Å²) >= 11 is 0. The van der Waals surface area contributed by atoms with Crippen molar-refractivity contribution in [3.8, 4) is 0 Å². The van der Waals surface area contributed by atoms with Crippen LogP contribution in [0.2, 0.25) is 0 Å². The van der Waals surface area contributed by atoms with Crippen molar-refractivity contribution in [2.45, 2.75) is 94.9 Å². The zero-order chi connectivity index (χ0) is 29.3. The van der Waals surface area contributed by atoms with Crippen molar-refractivity contribution in [3.05, 3.63) is 0 Å². The lowest BCUT2D eigenvalue weighted by Crippen LogP contribution is -2.63. The van der Waals surface area contributed by atoms with E-state index in [1.807, 2.05) is 0 Å². The average Bonchev–Trinajstić information content (AvgIpc) is 3.12. The predicted octanol–water partition coefficient (Wildman–Crippen LogP) is 5.06. The largest absolute Gasteiger partial charge is 0.449 e. The monoisotopic (exact) mass is 570 g/mol. The first kappa shape index (κ1) is 34.1. The van der Waals surface area contributed by atoms with Gasteiger partial charge < -0.3 is 29.2 Å². The van der Waals surface area contributed by atoms with Crippen LogP contribution in [-0.4, -0.2) is 84.1 Å². The molecule has 6 nitrogen and oxygen atoms in total. The Morgan fingerprint density at radius 1 is 0.838 bits per heavy atom. The summed E-state index contributed by atoms with van der Waals surface area (Å²) in [6.07, 6.45) is -12.0. The molecule has 0 spiro atoms. The first-order valence-corrected chi connectivity index (χ1v) is 11.3. The zero-order valence-corrected chi connectivity index (χ0v) is 20.8. The lowest BCUT2D eigenvalue weighted by molar-refractivity contribution is -0.410. The van der Waals surface area contributed by atoms with Gasteiger partial charge in [0, 0.05) is 6.61 Å². The molecule has 2 aliphatic heterocycles. The van der Waals surface area contributed by atoms with Crippen molar-refractivity contribution in [3.63, 3.8) is 0 Å². The van der Waals surface area contributed by atoms with E-state index in [2.05, 4.69) is 9.47 Å². The minimum absolute atomic E-state index is 0.0691. The molecule has 2 saturated heterocycles. The third-order valence-corrected chi connectivity index (χ3v) is 6.38. The van der Waals surface area contributed by atoms with Gasteiger partial charge in [-0.2, -0.15) is 43.9 Å². The van der Waals surface area contributed by atoms with Gasteiger partial charge in [-0.3, -0.25) is 0 Å². The van der Waals surface area contributed by atoms with Gasteiger partial charge in [0.2, 0.25) is 0 Å². The molecule has 0 aromatic carbocycles. The van der Waals surface area contributed by atoms with Crippen molar-refractivity contribution in [1.82, 2.24) is 0 Å². The van der Waals surface area contributed by atoms with Crippen molar-refractivity contribution in [2.24, 2.45) is 11.8 Å². The maximum absolute atomic E-state index is 13.9. The molecule has 2 N–H and O–H groups in total. The van der Waals surface area contributed by atoms with Gasteiger partial charge in [-0.15, -0.1) is 0 Å². The molecule has 2 heterocycles. The topological polar surface area (TPSA) is 77.4 Å². The van der Waals surface area contributed by atoms with E-state index in [4.69, 9.17) is 19.7 Å². The molecule has 0 aliphatic carbocycles. The van der Waals surface area contributed by atoms with Crippen molar-refractivity contribution >= 4 is 0 Å². The van der Waals surface area contributed by atoms with Crippen LogP contribution in [0.25, 0.3) is 0 Å². The van der Waals surface area contributed by atoms with E-state index in [1.165, 1.54) is 0 Å². The second kappa shape index (κ2) is 11.3. The van der Waals surface area contributed by atoms with Gasteiger partial charge in [0.25, 0.3) is 0 Å². The smallest absolute Gasteiger partial charge is 0.369 e. The average molecular weight is 570 g/mol. The Balaban J connectivity index is 0.000000371. The van der Waals surface area contributed by atoms with Gasteiger partial charge in [0.15, 0.2) is 11.7 Å². The minimum Gasteiger partial charge on any atom is -0.369 e. The van der Waals surface area contributed by atoms with E-state index < -0.39 is 60.7 Å². The molecule has 2 rings (SSSR count). The van der Waals surface area contributed by atoms with Crippen LogP contribution >= 0.6 is 0 Å². The Morgan fingerprint density at radius 2 is 1.30 bits per heavy atom. The summed E-state index contributed by atoms with van der Waals surface area (Å²) in [6, 6.07) is 0. The molecule has 0 aromatic rings. The van der Waals surface area contributed by atoms with Crippen LogP contribution in [0.5, 0.6) is 0 Å². The summed E-state index contributed by atoms with van der Waals surface area (Å²) in [7, 11) is 0.